The maximum Gasteiger partial charge on any atom is 0.224 e. The van der Waals surface area contributed by atoms with Crippen LogP contribution in [0.25, 0.3) is 0 Å². The predicted molar refractivity (Wildman–Crippen MR) is 82.2 cm³/mol. The van der Waals surface area contributed by atoms with Gasteiger partial charge < -0.3 is 5.32 Å². The van der Waals surface area contributed by atoms with Gasteiger partial charge in [0.2, 0.25) is 5.91 Å². The van der Waals surface area contributed by atoms with E-state index >= 15 is 0 Å². The Kier molecular flexibility index (Phi) is 5.35. The van der Waals surface area contributed by atoms with Gasteiger partial charge in [-0.25, -0.2) is 0 Å². The third-order valence-electron chi connectivity index (χ3n) is 3.07. The van der Waals surface area contributed by atoms with Crippen LogP contribution in [0.4, 0.5) is 0 Å². The lowest BCUT2D eigenvalue weighted by Gasteiger charge is -2.12. The number of amides is 1. The van der Waals surface area contributed by atoms with Crippen molar-refractivity contribution in [1.29, 1.82) is 0 Å². The number of hydrogen-bond donors (Lipinski definition) is 1. The molecule has 0 saturated carbocycles. The number of benzene rings is 1. The summed E-state index contributed by atoms with van der Waals surface area (Å²) in [6.07, 6.45) is 4.44. The molecule has 2 rings (SSSR count). The molecule has 0 bridgehead atoms. The van der Waals surface area contributed by atoms with E-state index in [9.17, 15) is 4.79 Å². The molecule has 0 radical (unpaired) electrons. The van der Waals surface area contributed by atoms with E-state index in [-0.39, 0.29) is 11.8 Å². The van der Waals surface area contributed by atoms with Crippen LogP contribution in [0, 0.1) is 5.92 Å². The monoisotopic (exact) mass is 335 g/mol. The number of nitrogens with one attached hydrogen (secondary N) is 1. The van der Waals surface area contributed by atoms with Gasteiger partial charge in [-0.15, -0.1) is 0 Å². The summed E-state index contributed by atoms with van der Waals surface area (Å²) >= 11 is 3.34. The van der Waals surface area contributed by atoms with E-state index in [1.165, 1.54) is 5.56 Å². The highest BCUT2D eigenvalue weighted by Crippen LogP contribution is 2.08. The lowest BCUT2D eigenvalue weighted by atomic mass is 10.1. The zero-order chi connectivity index (χ0) is 14.4. The number of carbonyl (C=O) groups is 1. The molecule has 0 fully saturated rings. The Morgan fingerprint density at radius 1 is 1.40 bits per heavy atom. The van der Waals surface area contributed by atoms with Crippen LogP contribution in [0.3, 0.4) is 0 Å². The van der Waals surface area contributed by atoms with Crippen molar-refractivity contribution < 1.29 is 4.79 Å². The first-order chi connectivity index (χ1) is 9.65. The van der Waals surface area contributed by atoms with Gasteiger partial charge in [-0.3, -0.25) is 9.48 Å². The number of aromatic nitrogens is 2. The van der Waals surface area contributed by atoms with Crippen molar-refractivity contribution in [1.82, 2.24) is 15.1 Å². The Bertz CT molecular complexity index is 553. The Balaban J connectivity index is 1.74. The minimum atomic E-state index is -0.0995. The van der Waals surface area contributed by atoms with Gasteiger partial charge in [0, 0.05) is 12.7 Å². The molecule has 0 aliphatic heterocycles. The Hall–Kier alpha value is -1.62. The molecule has 0 aliphatic rings. The number of carbonyl (C=O) groups excluding carboxylic acids is 1. The van der Waals surface area contributed by atoms with Crippen LogP contribution in [0.1, 0.15) is 12.5 Å². The molecule has 0 saturated heterocycles. The lowest BCUT2D eigenvalue weighted by Crippen LogP contribution is -2.33. The third-order valence-corrected chi connectivity index (χ3v) is 3.48. The van der Waals surface area contributed by atoms with Gasteiger partial charge >= 0.3 is 0 Å². The van der Waals surface area contributed by atoms with Crippen LogP contribution >= 0.6 is 15.9 Å². The standard InChI is InChI=1S/C15H18BrN3O/c1-12(10-19-11-14(16)9-18-19)15(20)17-8-7-13-5-3-2-4-6-13/h2-6,9,11-12H,7-8,10H2,1H3,(H,17,20)/t12-/m1/s1. The fraction of sp³-hybridized carbons (Fsp3) is 0.333. The summed E-state index contributed by atoms with van der Waals surface area (Å²) in [6.45, 7) is 3.16. The maximum absolute atomic E-state index is 12.0. The molecule has 0 unspecified atom stereocenters. The Labute approximate surface area is 127 Å². The Morgan fingerprint density at radius 2 is 2.15 bits per heavy atom. The normalized spacial score (nSPS) is 12.1. The number of nitrogens with zero attached hydrogens (tertiary/aromatic N) is 2. The highest BCUT2D eigenvalue weighted by Gasteiger charge is 2.13. The fourth-order valence-corrected chi connectivity index (χ4v) is 2.28. The molecule has 4 nitrogen and oxygen atoms in total. The maximum atomic E-state index is 12.0. The van der Waals surface area contributed by atoms with Crippen molar-refractivity contribution in [2.75, 3.05) is 6.54 Å². The first-order valence-electron chi connectivity index (χ1n) is 6.65. The summed E-state index contributed by atoms with van der Waals surface area (Å²) in [5, 5.41) is 7.12. The van der Waals surface area contributed by atoms with Gasteiger partial charge in [0.15, 0.2) is 0 Å². The molecule has 1 amide bonds. The van der Waals surface area contributed by atoms with Crippen LogP contribution in [-0.4, -0.2) is 22.2 Å². The van der Waals surface area contributed by atoms with E-state index in [4.69, 9.17) is 0 Å². The summed E-state index contributed by atoms with van der Waals surface area (Å²) in [6, 6.07) is 10.1. The van der Waals surface area contributed by atoms with E-state index in [0.717, 1.165) is 10.9 Å². The topological polar surface area (TPSA) is 46.9 Å². The van der Waals surface area contributed by atoms with E-state index in [2.05, 4.69) is 38.5 Å². The average molecular weight is 336 g/mol. The molecule has 0 aliphatic carbocycles. The predicted octanol–water partition coefficient (Wildman–Crippen LogP) is 2.64. The van der Waals surface area contributed by atoms with Crippen LogP contribution in [0.2, 0.25) is 0 Å². The molecule has 1 atom stereocenters. The smallest absolute Gasteiger partial charge is 0.224 e. The molecule has 0 spiro atoms. The SMILES string of the molecule is C[C@H](Cn1cc(Br)cn1)C(=O)NCCc1ccccc1. The highest BCUT2D eigenvalue weighted by molar-refractivity contribution is 9.10. The van der Waals surface area contributed by atoms with Crippen LogP contribution in [-0.2, 0) is 17.8 Å². The van der Waals surface area contributed by atoms with Gasteiger partial charge in [-0.2, -0.15) is 5.10 Å². The van der Waals surface area contributed by atoms with Crippen molar-refractivity contribution in [3.8, 4) is 0 Å². The van der Waals surface area contributed by atoms with Gasteiger partial charge in [-0.1, -0.05) is 37.3 Å². The van der Waals surface area contributed by atoms with Crippen molar-refractivity contribution in [2.45, 2.75) is 19.9 Å². The zero-order valence-electron chi connectivity index (χ0n) is 11.4. The average Bonchev–Trinajstić information content (AvgIpc) is 2.85. The van der Waals surface area contributed by atoms with Gasteiger partial charge in [-0.05, 0) is 27.9 Å². The first kappa shape index (κ1) is 14.8. The molecule has 20 heavy (non-hydrogen) atoms. The van der Waals surface area contributed by atoms with E-state index < -0.39 is 0 Å². The summed E-state index contributed by atoms with van der Waals surface area (Å²) in [5.74, 6) is -0.0369. The van der Waals surface area contributed by atoms with Crippen molar-refractivity contribution in [2.24, 2.45) is 5.92 Å². The number of hydrogen-bond acceptors (Lipinski definition) is 2. The molecule has 106 valence electrons. The zero-order valence-corrected chi connectivity index (χ0v) is 13.0. The number of rotatable bonds is 6. The molecule has 1 N–H and O–H groups in total. The van der Waals surface area contributed by atoms with E-state index in [1.54, 1.807) is 10.9 Å². The second kappa shape index (κ2) is 7.24. The lowest BCUT2D eigenvalue weighted by molar-refractivity contribution is -0.124. The second-order valence-electron chi connectivity index (χ2n) is 4.81. The minimum absolute atomic E-state index is 0.0625. The quantitative estimate of drug-likeness (QED) is 0.882. The first-order valence-corrected chi connectivity index (χ1v) is 7.44. The second-order valence-corrected chi connectivity index (χ2v) is 5.72. The molecule has 5 heteroatoms. The van der Waals surface area contributed by atoms with Gasteiger partial charge in [0.25, 0.3) is 0 Å². The van der Waals surface area contributed by atoms with Crippen molar-refractivity contribution >= 4 is 21.8 Å². The van der Waals surface area contributed by atoms with Gasteiger partial charge in [0.1, 0.15) is 0 Å². The van der Waals surface area contributed by atoms with Gasteiger partial charge in [0.05, 0.1) is 23.1 Å². The molecule has 2 aromatic rings. The Morgan fingerprint density at radius 3 is 2.80 bits per heavy atom. The molecule has 1 aromatic carbocycles. The van der Waals surface area contributed by atoms with Crippen molar-refractivity contribution in [3.05, 3.63) is 52.8 Å². The summed E-state index contributed by atoms with van der Waals surface area (Å²) in [5.41, 5.74) is 1.23. The van der Waals surface area contributed by atoms with Crippen LogP contribution < -0.4 is 5.32 Å². The van der Waals surface area contributed by atoms with Crippen LogP contribution in [0.15, 0.2) is 47.2 Å². The number of halogens is 1. The van der Waals surface area contributed by atoms with E-state index in [0.29, 0.717) is 13.1 Å². The molecular formula is C15H18BrN3O. The van der Waals surface area contributed by atoms with E-state index in [1.807, 2.05) is 31.3 Å². The largest absolute Gasteiger partial charge is 0.355 e. The minimum Gasteiger partial charge on any atom is -0.355 e. The third kappa shape index (κ3) is 4.49. The summed E-state index contributed by atoms with van der Waals surface area (Å²) < 4.78 is 2.69. The fourth-order valence-electron chi connectivity index (χ4n) is 1.95. The molecular weight excluding hydrogens is 318 g/mol. The molecule has 1 heterocycles. The summed E-state index contributed by atoms with van der Waals surface area (Å²) in [4.78, 5) is 12.0. The molecule has 1 aromatic heterocycles. The summed E-state index contributed by atoms with van der Waals surface area (Å²) in [7, 11) is 0. The highest BCUT2D eigenvalue weighted by atomic mass is 79.9. The van der Waals surface area contributed by atoms with Crippen molar-refractivity contribution in [3.63, 3.8) is 0 Å². The van der Waals surface area contributed by atoms with Crippen LogP contribution in [0.5, 0.6) is 0 Å².